The first-order chi connectivity index (χ1) is 10.9. The molecule has 0 bridgehead atoms. The molecule has 1 aromatic carbocycles. The van der Waals surface area contributed by atoms with Crippen molar-refractivity contribution in [3.8, 4) is 0 Å². The van der Waals surface area contributed by atoms with Crippen LogP contribution in [0.2, 0.25) is 0 Å². The SMILES string of the molecule is Cl.FC1(F)CCN(Cc2ccccc2)CC1.FC1(F)CCNCC1. The standard InChI is InChI=1S/C12H15F2N.C5H9F2N.ClH/c13-12(14)6-8-15(9-7-12)10-11-4-2-1-3-5-11;6-5(7)1-3-8-4-2-5;/h1-5H,6-10H2;8H,1-4H2;1H. The van der Waals surface area contributed by atoms with E-state index < -0.39 is 11.8 Å². The van der Waals surface area contributed by atoms with Crippen molar-refractivity contribution in [1.29, 1.82) is 0 Å². The van der Waals surface area contributed by atoms with E-state index in [0.29, 0.717) is 26.2 Å². The smallest absolute Gasteiger partial charge is 0.250 e. The summed E-state index contributed by atoms with van der Waals surface area (Å²) in [5.41, 5.74) is 1.20. The molecule has 24 heavy (non-hydrogen) atoms. The summed E-state index contributed by atoms with van der Waals surface area (Å²) in [5.74, 6) is -4.82. The minimum Gasteiger partial charge on any atom is -0.316 e. The maximum absolute atomic E-state index is 12.9. The van der Waals surface area contributed by atoms with Gasteiger partial charge >= 0.3 is 0 Å². The number of nitrogens with zero attached hydrogens (tertiary/aromatic N) is 1. The Morgan fingerprint density at radius 3 is 1.79 bits per heavy atom. The predicted octanol–water partition coefficient (Wildman–Crippen LogP) is 4.34. The number of rotatable bonds is 2. The van der Waals surface area contributed by atoms with Gasteiger partial charge in [-0.1, -0.05) is 30.3 Å². The van der Waals surface area contributed by atoms with E-state index in [9.17, 15) is 17.6 Å². The van der Waals surface area contributed by atoms with Crippen LogP contribution in [0, 0.1) is 0 Å². The minimum atomic E-state index is -2.44. The second kappa shape index (κ2) is 9.59. The van der Waals surface area contributed by atoms with Crippen molar-refractivity contribution < 1.29 is 17.6 Å². The van der Waals surface area contributed by atoms with Crippen molar-refractivity contribution in [2.45, 2.75) is 44.1 Å². The second-order valence-electron chi connectivity index (χ2n) is 6.22. The Kier molecular flexibility index (Phi) is 8.46. The summed E-state index contributed by atoms with van der Waals surface area (Å²) in [7, 11) is 0. The highest BCUT2D eigenvalue weighted by atomic mass is 35.5. The van der Waals surface area contributed by atoms with Gasteiger partial charge in [0.05, 0.1) is 0 Å². The summed E-state index contributed by atoms with van der Waals surface area (Å²) >= 11 is 0. The molecule has 1 aromatic rings. The lowest BCUT2D eigenvalue weighted by molar-refractivity contribution is -0.0566. The number of benzene rings is 1. The van der Waals surface area contributed by atoms with E-state index in [1.807, 2.05) is 30.3 Å². The fraction of sp³-hybridized carbons (Fsp3) is 0.647. The van der Waals surface area contributed by atoms with Gasteiger partial charge < -0.3 is 5.32 Å². The van der Waals surface area contributed by atoms with Crippen LogP contribution in [-0.4, -0.2) is 42.9 Å². The number of alkyl halides is 4. The number of hydrogen-bond donors (Lipinski definition) is 1. The average Bonchev–Trinajstić information content (AvgIpc) is 2.51. The van der Waals surface area contributed by atoms with Gasteiger partial charge in [0.25, 0.3) is 11.8 Å². The molecule has 0 saturated carbocycles. The Hall–Kier alpha value is -0.850. The Balaban J connectivity index is 0.000000273. The molecule has 2 saturated heterocycles. The van der Waals surface area contributed by atoms with Crippen molar-refractivity contribution in [1.82, 2.24) is 10.2 Å². The summed E-state index contributed by atoms with van der Waals surface area (Å²) in [6.07, 6.45) is 0.0136. The lowest BCUT2D eigenvalue weighted by Gasteiger charge is -2.31. The molecule has 138 valence electrons. The zero-order valence-electron chi connectivity index (χ0n) is 13.6. The fourth-order valence-corrected chi connectivity index (χ4v) is 2.67. The van der Waals surface area contributed by atoms with Crippen molar-refractivity contribution in [3.63, 3.8) is 0 Å². The molecule has 2 nitrogen and oxygen atoms in total. The molecule has 0 aliphatic carbocycles. The Morgan fingerprint density at radius 2 is 1.33 bits per heavy atom. The highest BCUT2D eigenvalue weighted by Gasteiger charge is 2.33. The molecule has 3 rings (SSSR count). The molecule has 2 fully saturated rings. The third-order valence-electron chi connectivity index (χ3n) is 4.17. The first-order valence-electron chi connectivity index (χ1n) is 8.09. The molecule has 0 unspecified atom stereocenters. The van der Waals surface area contributed by atoms with E-state index in [1.54, 1.807) is 0 Å². The largest absolute Gasteiger partial charge is 0.316 e. The van der Waals surface area contributed by atoms with Crippen LogP contribution in [0.3, 0.4) is 0 Å². The zero-order valence-corrected chi connectivity index (χ0v) is 14.4. The summed E-state index contributed by atoms with van der Waals surface area (Å²) in [6, 6.07) is 10.00. The van der Waals surface area contributed by atoms with Crippen molar-refractivity contribution in [2.24, 2.45) is 0 Å². The molecule has 0 aromatic heterocycles. The normalized spacial score (nSPS) is 22.7. The lowest BCUT2D eigenvalue weighted by Crippen LogP contribution is -2.38. The molecule has 0 amide bonds. The van der Waals surface area contributed by atoms with Crippen LogP contribution >= 0.6 is 12.4 Å². The molecule has 2 aliphatic heterocycles. The maximum atomic E-state index is 12.9. The molecule has 0 spiro atoms. The van der Waals surface area contributed by atoms with E-state index in [-0.39, 0.29) is 38.1 Å². The topological polar surface area (TPSA) is 15.3 Å². The number of nitrogens with one attached hydrogen (secondary N) is 1. The monoisotopic (exact) mass is 368 g/mol. The Labute approximate surface area is 147 Å². The van der Waals surface area contributed by atoms with Gasteiger partial charge in [-0.2, -0.15) is 0 Å². The van der Waals surface area contributed by atoms with E-state index in [0.717, 1.165) is 6.54 Å². The molecule has 1 N–H and O–H groups in total. The van der Waals surface area contributed by atoms with E-state index in [4.69, 9.17) is 0 Å². The number of likely N-dealkylation sites (tertiary alicyclic amines) is 1. The molecule has 7 heteroatoms. The van der Waals surface area contributed by atoms with Crippen LogP contribution in [0.25, 0.3) is 0 Å². The van der Waals surface area contributed by atoms with Gasteiger partial charge in [0.2, 0.25) is 0 Å². The molecule has 0 radical (unpaired) electrons. The number of halogens is 5. The molecule has 2 aliphatic rings. The quantitative estimate of drug-likeness (QED) is 0.781. The average molecular weight is 369 g/mol. The van der Waals surface area contributed by atoms with Gasteiger partial charge in [-0.3, -0.25) is 4.90 Å². The molecule has 0 atom stereocenters. The van der Waals surface area contributed by atoms with Crippen LogP contribution in [0.4, 0.5) is 17.6 Å². The molecule has 2 heterocycles. The van der Waals surface area contributed by atoms with Gasteiger partial charge in [-0.15, -0.1) is 12.4 Å². The van der Waals surface area contributed by atoms with Crippen LogP contribution in [0.15, 0.2) is 30.3 Å². The third kappa shape index (κ3) is 7.81. The Bertz CT molecular complexity index is 453. The predicted molar refractivity (Wildman–Crippen MR) is 90.2 cm³/mol. The van der Waals surface area contributed by atoms with Crippen LogP contribution in [0.5, 0.6) is 0 Å². The highest BCUT2D eigenvalue weighted by molar-refractivity contribution is 5.85. The van der Waals surface area contributed by atoms with Gasteiger partial charge in [0.15, 0.2) is 0 Å². The summed E-state index contributed by atoms with van der Waals surface area (Å²) in [4.78, 5) is 2.09. The van der Waals surface area contributed by atoms with Crippen molar-refractivity contribution in [2.75, 3.05) is 26.2 Å². The first kappa shape index (κ1) is 21.2. The molecular weight excluding hydrogens is 344 g/mol. The van der Waals surface area contributed by atoms with E-state index in [1.165, 1.54) is 5.56 Å². The third-order valence-corrected chi connectivity index (χ3v) is 4.17. The van der Waals surface area contributed by atoms with Crippen LogP contribution in [-0.2, 0) is 6.54 Å². The van der Waals surface area contributed by atoms with E-state index >= 15 is 0 Å². The van der Waals surface area contributed by atoms with Crippen molar-refractivity contribution >= 4 is 12.4 Å². The summed E-state index contributed by atoms with van der Waals surface area (Å²) in [6.45, 7) is 2.72. The number of hydrogen-bond acceptors (Lipinski definition) is 2. The zero-order chi connectivity index (χ0) is 16.8. The van der Waals surface area contributed by atoms with Crippen molar-refractivity contribution in [3.05, 3.63) is 35.9 Å². The van der Waals surface area contributed by atoms with Gasteiger partial charge in [0.1, 0.15) is 0 Å². The van der Waals surface area contributed by atoms with E-state index in [2.05, 4.69) is 10.2 Å². The number of piperidine rings is 2. The van der Waals surface area contributed by atoms with Crippen LogP contribution < -0.4 is 5.32 Å². The maximum Gasteiger partial charge on any atom is 0.250 e. The lowest BCUT2D eigenvalue weighted by atomic mass is 10.1. The van der Waals surface area contributed by atoms with Gasteiger partial charge in [-0.25, -0.2) is 17.6 Å². The molecular formula is C17H25ClF4N2. The van der Waals surface area contributed by atoms with Gasteiger partial charge in [0, 0.05) is 58.4 Å². The fourth-order valence-electron chi connectivity index (χ4n) is 2.67. The summed E-state index contributed by atoms with van der Waals surface area (Å²) in [5, 5.41) is 2.86. The minimum absolute atomic E-state index is 0. The van der Waals surface area contributed by atoms with Gasteiger partial charge in [-0.05, 0) is 5.56 Å². The van der Waals surface area contributed by atoms with Crippen LogP contribution in [0.1, 0.15) is 31.2 Å². The Morgan fingerprint density at radius 1 is 0.833 bits per heavy atom. The highest BCUT2D eigenvalue weighted by Crippen LogP contribution is 2.28. The summed E-state index contributed by atoms with van der Waals surface area (Å²) < 4.78 is 50.1. The first-order valence-corrected chi connectivity index (χ1v) is 8.09. The second-order valence-corrected chi connectivity index (χ2v) is 6.22.